The summed E-state index contributed by atoms with van der Waals surface area (Å²) in [6.45, 7) is 0.915. The predicted octanol–water partition coefficient (Wildman–Crippen LogP) is 2.80. The van der Waals surface area contributed by atoms with Gasteiger partial charge in [0.2, 0.25) is 0 Å². The van der Waals surface area contributed by atoms with Crippen molar-refractivity contribution in [3.63, 3.8) is 0 Å². The minimum absolute atomic E-state index is 0.366. The Balaban J connectivity index is 1.59. The molecule has 0 saturated carbocycles. The maximum Gasteiger partial charge on any atom is 0.115 e. The van der Waals surface area contributed by atoms with Crippen LogP contribution in [0, 0.1) is 0 Å². The molecule has 1 atom stereocenters. The summed E-state index contributed by atoms with van der Waals surface area (Å²) in [6, 6.07) is 10.0. The van der Waals surface area contributed by atoms with Gasteiger partial charge in [-0.25, -0.2) is 0 Å². The van der Waals surface area contributed by atoms with Crippen LogP contribution in [-0.2, 0) is 12.8 Å². The molecule has 0 aliphatic heterocycles. The van der Waals surface area contributed by atoms with Gasteiger partial charge in [-0.3, -0.25) is 0 Å². The Kier molecular flexibility index (Phi) is 3.07. The van der Waals surface area contributed by atoms with Gasteiger partial charge in [-0.1, -0.05) is 6.07 Å². The molecule has 0 radical (unpaired) electrons. The van der Waals surface area contributed by atoms with E-state index in [4.69, 9.17) is 4.42 Å². The predicted molar refractivity (Wildman–Crippen MR) is 69.6 cm³/mol. The zero-order chi connectivity index (χ0) is 12.4. The molecular weight excluding hydrogens is 226 g/mol. The maximum absolute atomic E-state index is 9.45. The lowest BCUT2D eigenvalue weighted by Crippen LogP contribution is -2.21. The number of aromatic hydroxyl groups is 1. The Labute approximate surface area is 106 Å². The number of benzene rings is 1. The van der Waals surface area contributed by atoms with Crippen molar-refractivity contribution in [1.82, 2.24) is 5.32 Å². The molecule has 1 unspecified atom stereocenters. The smallest absolute Gasteiger partial charge is 0.115 e. The molecule has 1 aliphatic rings. The van der Waals surface area contributed by atoms with E-state index in [1.807, 2.05) is 24.3 Å². The number of hydrogen-bond donors (Lipinski definition) is 2. The lowest BCUT2D eigenvalue weighted by atomic mass is 10.1. The summed E-state index contributed by atoms with van der Waals surface area (Å²) >= 11 is 0. The van der Waals surface area contributed by atoms with Crippen LogP contribution in [-0.4, -0.2) is 11.7 Å². The third-order valence-electron chi connectivity index (χ3n) is 3.55. The van der Waals surface area contributed by atoms with E-state index in [-0.39, 0.29) is 0 Å². The summed E-state index contributed by atoms with van der Waals surface area (Å²) in [4.78, 5) is 0. The first-order valence-corrected chi connectivity index (χ1v) is 6.40. The van der Waals surface area contributed by atoms with Gasteiger partial charge in [0, 0.05) is 19.0 Å². The zero-order valence-corrected chi connectivity index (χ0v) is 10.2. The van der Waals surface area contributed by atoms with Gasteiger partial charge >= 0.3 is 0 Å². The Hall–Kier alpha value is -1.74. The average Bonchev–Trinajstić information content (AvgIpc) is 2.99. The first kappa shape index (κ1) is 11.4. The molecule has 3 heteroatoms. The molecule has 94 valence electrons. The fourth-order valence-electron chi connectivity index (χ4n) is 2.64. The summed E-state index contributed by atoms with van der Waals surface area (Å²) in [6.07, 6.45) is 4.78. The molecule has 1 aliphatic carbocycles. The highest BCUT2D eigenvalue weighted by Gasteiger charge is 2.21. The maximum atomic E-state index is 9.45. The van der Waals surface area contributed by atoms with Crippen molar-refractivity contribution in [3.05, 3.63) is 53.5 Å². The van der Waals surface area contributed by atoms with Crippen molar-refractivity contribution >= 4 is 0 Å². The van der Waals surface area contributed by atoms with E-state index in [9.17, 15) is 5.11 Å². The van der Waals surface area contributed by atoms with Crippen molar-refractivity contribution in [2.75, 3.05) is 6.54 Å². The zero-order valence-electron chi connectivity index (χ0n) is 10.2. The van der Waals surface area contributed by atoms with Gasteiger partial charge in [-0.05, 0) is 48.2 Å². The van der Waals surface area contributed by atoms with E-state index in [0.717, 1.165) is 31.6 Å². The van der Waals surface area contributed by atoms with E-state index < -0.39 is 0 Å². The molecule has 0 fully saturated rings. The number of fused-ring (bicyclic) bond motifs is 1. The van der Waals surface area contributed by atoms with E-state index in [1.165, 1.54) is 11.1 Å². The summed E-state index contributed by atoms with van der Waals surface area (Å²) in [5.74, 6) is 1.39. The fraction of sp³-hybridized carbons (Fsp3) is 0.333. The highest BCUT2D eigenvalue weighted by molar-refractivity contribution is 5.40. The molecule has 2 aromatic rings. The molecule has 3 nitrogen and oxygen atoms in total. The normalized spacial score (nSPS) is 17.9. The monoisotopic (exact) mass is 243 g/mol. The first-order chi connectivity index (χ1) is 8.83. The van der Waals surface area contributed by atoms with Crippen molar-refractivity contribution in [2.24, 2.45) is 0 Å². The van der Waals surface area contributed by atoms with Crippen LogP contribution < -0.4 is 5.32 Å². The second-order valence-electron chi connectivity index (χ2n) is 4.76. The van der Waals surface area contributed by atoms with Crippen molar-refractivity contribution in [2.45, 2.75) is 25.3 Å². The molecule has 3 rings (SSSR count). The summed E-state index contributed by atoms with van der Waals surface area (Å²) in [7, 11) is 0. The summed E-state index contributed by atoms with van der Waals surface area (Å²) in [5, 5.41) is 13.0. The third kappa shape index (κ3) is 2.27. The molecule has 0 saturated heterocycles. The number of phenolic OH excluding ortho intramolecular Hbond substituents is 1. The van der Waals surface area contributed by atoms with Crippen molar-refractivity contribution in [3.8, 4) is 5.75 Å². The largest absolute Gasteiger partial charge is 0.508 e. The molecule has 18 heavy (non-hydrogen) atoms. The second kappa shape index (κ2) is 4.86. The van der Waals surface area contributed by atoms with Crippen LogP contribution in [0.5, 0.6) is 5.75 Å². The van der Waals surface area contributed by atoms with E-state index in [0.29, 0.717) is 11.8 Å². The number of nitrogens with one attached hydrogen (secondary N) is 1. The molecule has 1 aromatic heterocycles. The molecule has 2 N–H and O–H groups in total. The van der Waals surface area contributed by atoms with Crippen LogP contribution in [0.1, 0.15) is 29.3 Å². The molecule has 1 heterocycles. The first-order valence-electron chi connectivity index (χ1n) is 6.40. The average molecular weight is 243 g/mol. The molecule has 1 aromatic carbocycles. The van der Waals surface area contributed by atoms with E-state index in [2.05, 4.69) is 5.32 Å². The van der Waals surface area contributed by atoms with Crippen LogP contribution >= 0.6 is 0 Å². The topological polar surface area (TPSA) is 45.4 Å². The lowest BCUT2D eigenvalue weighted by Gasteiger charge is -2.13. The standard InChI is InChI=1S/C15H17NO2/c17-12-4-5-14-11(10-12)3-6-15(14)16-8-7-13-2-1-9-18-13/h1-2,4-5,9-10,15-17H,3,6-8H2. The number of hydrogen-bond acceptors (Lipinski definition) is 3. The van der Waals surface area contributed by atoms with Gasteiger partial charge in [0.1, 0.15) is 11.5 Å². The Morgan fingerprint density at radius 3 is 3.11 bits per heavy atom. The fourth-order valence-corrected chi connectivity index (χ4v) is 2.64. The SMILES string of the molecule is Oc1ccc2c(c1)CCC2NCCc1ccco1. The summed E-state index contributed by atoms with van der Waals surface area (Å²) in [5.41, 5.74) is 2.60. The number of rotatable bonds is 4. The van der Waals surface area contributed by atoms with Gasteiger partial charge in [-0.15, -0.1) is 0 Å². The van der Waals surface area contributed by atoms with Gasteiger partial charge in [0.15, 0.2) is 0 Å². The Bertz CT molecular complexity index is 519. The van der Waals surface area contributed by atoms with Crippen molar-refractivity contribution < 1.29 is 9.52 Å². The molecule has 0 bridgehead atoms. The van der Waals surface area contributed by atoms with Gasteiger partial charge < -0.3 is 14.8 Å². The van der Waals surface area contributed by atoms with E-state index >= 15 is 0 Å². The number of aryl methyl sites for hydroxylation is 1. The van der Waals surface area contributed by atoms with Gasteiger partial charge in [0.05, 0.1) is 6.26 Å². The van der Waals surface area contributed by atoms with Crippen molar-refractivity contribution in [1.29, 1.82) is 0 Å². The Morgan fingerprint density at radius 1 is 1.33 bits per heavy atom. The highest BCUT2D eigenvalue weighted by atomic mass is 16.3. The second-order valence-corrected chi connectivity index (χ2v) is 4.76. The molecule has 0 amide bonds. The van der Waals surface area contributed by atoms with Crippen LogP contribution in [0.25, 0.3) is 0 Å². The van der Waals surface area contributed by atoms with Gasteiger partial charge in [-0.2, -0.15) is 0 Å². The molecular formula is C15H17NO2. The number of phenols is 1. The highest BCUT2D eigenvalue weighted by Crippen LogP contribution is 2.33. The van der Waals surface area contributed by atoms with Crippen LogP contribution in [0.4, 0.5) is 0 Å². The van der Waals surface area contributed by atoms with Crippen LogP contribution in [0.2, 0.25) is 0 Å². The molecule has 0 spiro atoms. The summed E-state index contributed by atoms with van der Waals surface area (Å²) < 4.78 is 5.31. The quantitative estimate of drug-likeness (QED) is 0.868. The van der Waals surface area contributed by atoms with Gasteiger partial charge in [0.25, 0.3) is 0 Å². The van der Waals surface area contributed by atoms with E-state index in [1.54, 1.807) is 12.3 Å². The minimum Gasteiger partial charge on any atom is -0.508 e. The Morgan fingerprint density at radius 2 is 2.28 bits per heavy atom. The van der Waals surface area contributed by atoms with Crippen LogP contribution in [0.15, 0.2) is 41.0 Å². The van der Waals surface area contributed by atoms with Crippen LogP contribution in [0.3, 0.4) is 0 Å². The lowest BCUT2D eigenvalue weighted by molar-refractivity contribution is 0.473. The number of furan rings is 1. The minimum atomic E-state index is 0.366. The third-order valence-corrected chi connectivity index (χ3v) is 3.55.